The molecule has 0 saturated heterocycles. The SMILES string of the molecule is CCn1nc(CC(C)(N)c2ccccc2)c2ccccc21. The molecule has 0 fully saturated rings. The Morgan fingerprint density at radius 3 is 2.43 bits per heavy atom. The predicted molar refractivity (Wildman–Crippen MR) is 87.1 cm³/mol. The topological polar surface area (TPSA) is 43.8 Å². The Labute approximate surface area is 125 Å². The molecule has 3 nitrogen and oxygen atoms in total. The van der Waals surface area contributed by atoms with E-state index in [0.717, 1.165) is 24.2 Å². The molecule has 0 aliphatic carbocycles. The van der Waals surface area contributed by atoms with Crippen LogP contribution in [-0.4, -0.2) is 9.78 Å². The molecule has 0 amide bonds. The third-order valence-corrected chi connectivity index (χ3v) is 4.00. The zero-order valence-corrected chi connectivity index (χ0v) is 12.6. The molecule has 1 aromatic heterocycles. The van der Waals surface area contributed by atoms with Gasteiger partial charge < -0.3 is 5.73 Å². The number of nitrogens with zero attached hydrogens (tertiary/aromatic N) is 2. The van der Waals surface area contributed by atoms with Crippen LogP contribution in [0, 0.1) is 0 Å². The summed E-state index contributed by atoms with van der Waals surface area (Å²) in [6, 6.07) is 18.6. The molecule has 0 bridgehead atoms. The van der Waals surface area contributed by atoms with Crippen LogP contribution in [0.3, 0.4) is 0 Å². The van der Waals surface area contributed by atoms with Crippen molar-refractivity contribution in [1.82, 2.24) is 9.78 Å². The molecule has 0 spiro atoms. The van der Waals surface area contributed by atoms with Gasteiger partial charge in [-0.1, -0.05) is 48.5 Å². The van der Waals surface area contributed by atoms with Gasteiger partial charge in [-0.2, -0.15) is 5.10 Å². The van der Waals surface area contributed by atoms with Crippen LogP contribution in [0.25, 0.3) is 10.9 Å². The van der Waals surface area contributed by atoms with Crippen LogP contribution in [0.1, 0.15) is 25.1 Å². The van der Waals surface area contributed by atoms with E-state index in [2.05, 4.69) is 50.2 Å². The molecule has 1 unspecified atom stereocenters. The molecule has 2 N–H and O–H groups in total. The minimum absolute atomic E-state index is 0.420. The number of aryl methyl sites for hydroxylation is 1. The fourth-order valence-corrected chi connectivity index (χ4v) is 2.84. The Balaban J connectivity index is 2.02. The monoisotopic (exact) mass is 279 g/mol. The molecular weight excluding hydrogens is 258 g/mol. The molecule has 21 heavy (non-hydrogen) atoms. The second kappa shape index (κ2) is 5.34. The maximum absolute atomic E-state index is 6.56. The summed E-state index contributed by atoms with van der Waals surface area (Å²) < 4.78 is 2.05. The Kier molecular flexibility index (Phi) is 3.52. The summed E-state index contributed by atoms with van der Waals surface area (Å²) in [5.41, 5.74) is 9.53. The van der Waals surface area contributed by atoms with Gasteiger partial charge in [0.2, 0.25) is 0 Å². The van der Waals surface area contributed by atoms with Crippen LogP contribution in [0.4, 0.5) is 0 Å². The van der Waals surface area contributed by atoms with Gasteiger partial charge in [-0.15, -0.1) is 0 Å². The lowest BCUT2D eigenvalue weighted by Crippen LogP contribution is -2.35. The van der Waals surface area contributed by atoms with E-state index in [1.54, 1.807) is 0 Å². The molecule has 0 saturated carbocycles. The van der Waals surface area contributed by atoms with Crippen molar-refractivity contribution in [3.63, 3.8) is 0 Å². The highest BCUT2D eigenvalue weighted by molar-refractivity contribution is 5.82. The average molecular weight is 279 g/mol. The van der Waals surface area contributed by atoms with E-state index in [-0.39, 0.29) is 0 Å². The van der Waals surface area contributed by atoms with Gasteiger partial charge in [-0.3, -0.25) is 4.68 Å². The third-order valence-electron chi connectivity index (χ3n) is 4.00. The second-order valence-electron chi connectivity index (χ2n) is 5.74. The van der Waals surface area contributed by atoms with E-state index in [4.69, 9.17) is 10.8 Å². The molecule has 3 heteroatoms. The molecule has 1 heterocycles. The van der Waals surface area contributed by atoms with Crippen molar-refractivity contribution < 1.29 is 0 Å². The number of hydrogen-bond donors (Lipinski definition) is 1. The first-order valence-electron chi connectivity index (χ1n) is 7.40. The van der Waals surface area contributed by atoms with Crippen LogP contribution < -0.4 is 5.73 Å². The van der Waals surface area contributed by atoms with E-state index in [0.29, 0.717) is 0 Å². The Bertz CT molecular complexity index is 742. The normalized spacial score (nSPS) is 14.2. The molecule has 108 valence electrons. The standard InChI is InChI=1S/C18H21N3/c1-3-21-17-12-8-7-11-15(17)16(20-21)13-18(2,19)14-9-5-4-6-10-14/h4-12H,3,13,19H2,1-2H3. The summed E-state index contributed by atoms with van der Waals surface area (Å²) in [5, 5.41) is 5.96. The fourth-order valence-electron chi connectivity index (χ4n) is 2.84. The molecule has 0 aliphatic rings. The minimum Gasteiger partial charge on any atom is -0.321 e. The van der Waals surface area contributed by atoms with Crippen molar-refractivity contribution in [2.75, 3.05) is 0 Å². The van der Waals surface area contributed by atoms with Crippen molar-refractivity contribution in [3.05, 3.63) is 65.9 Å². The first-order chi connectivity index (χ1) is 10.1. The van der Waals surface area contributed by atoms with Crippen LogP contribution in [0.5, 0.6) is 0 Å². The lowest BCUT2D eigenvalue weighted by Gasteiger charge is -2.24. The van der Waals surface area contributed by atoms with Gasteiger partial charge in [0.25, 0.3) is 0 Å². The summed E-state index contributed by atoms with van der Waals surface area (Å²) in [5.74, 6) is 0. The molecular formula is C18H21N3. The second-order valence-corrected chi connectivity index (χ2v) is 5.74. The van der Waals surface area contributed by atoms with E-state index in [1.165, 1.54) is 10.9 Å². The highest BCUT2D eigenvalue weighted by Gasteiger charge is 2.24. The molecule has 1 atom stereocenters. The number of fused-ring (bicyclic) bond motifs is 1. The molecule has 3 rings (SSSR count). The highest BCUT2D eigenvalue weighted by Crippen LogP contribution is 2.26. The first kappa shape index (κ1) is 13.8. The summed E-state index contributed by atoms with van der Waals surface area (Å²) in [4.78, 5) is 0. The molecule has 0 aliphatic heterocycles. The van der Waals surface area contributed by atoms with Gasteiger partial charge >= 0.3 is 0 Å². The number of hydrogen-bond acceptors (Lipinski definition) is 2. The van der Waals surface area contributed by atoms with Crippen LogP contribution in [0.15, 0.2) is 54.6 Å². The number of aromatic nitrogens is 2. The van der Waals surface area contributed by atoms with E-state index in [1.807, 2.05) is 22.9 Å². The minimum atomic E-state index is -0.420. The van der Waals surface area contributed by atoms with Gasteiger partial charge in [-0.05, 0) is 25.5 Å². The third kappa shape index (κ3) is 2.57. The maximum atomic E-state index is 6.56. The predicted octanol–water partition coefficient (Wildman–Crippen LogP) is 3.47. The molecule has 3 aromatic rings. The summed E-state index contributed by atoms with van der Waals surface area (Å²) in [7, 11) is 0. The zero-order chi connectivity index (χ0) is 14.9. The van der Waals surface area contributed by atoms with Crippen LogP contribution >= 0.6 is 0 Å². The summed E-state index contributed by atoms with van der Waals surface area (Å²) in [6.45, 7) is 5.05. The average Bonchev–Trinajstić information content (AvgIpc) is 2.86. The van der Waals surface area contributed by atoms with Gasteiger partial charge in [0.15, 0.2) is 0 Å². The number of nitrogens with two attached hydrogens (primary N) is 1. The summed E-state index contributed by atoms with van der Waals surface area (Å²) in [6.07, 6.45) is 0.727. The van der Waals surface area contributed by atoms with Gasteiger partial charge in [0, 0.05) is 23.9 Å². The lowest BCUT2D eigenvalue weighted by atomic mass is 9.88. The Hall–Kier alpha value is -2.13. The van der Waals surface area contributed by atoms with Gasteiger partial charge in [-0.25, -0.2) is 0 Å². The van der Waals surface area contributed by atoms with E-state index >= 15 is 0 Å². The van der Waals surface area contributed by atoms with Gasteiger partial charge in [0.05, 0.1) is 11.2 Å². The molecule has 0 radical (unpaired) electrons. The Morgan fingerprint density at radius 2 is 1.71 bits per heavy atom. The molecule has 2 aromatic carbocycles. The van der Waals surface area contributed by atoms with Crippen molar-refractivity contribution >= 4 is 10.9 Å². The van der Waals surface area contributed by atoms with Crippen molar-refractivity contribution in [1.29, 1.82) is 0 Å². The quantitative estimate of drug-likeness (QED) is 0.794. The number of para-hydroxylation sites is 1. The summed E-state index contributed by atoms with van der Waals surface area (Å²) >= 11 is 0. The lowest BCUT2D eigenvalue weighted by molar-refractivity contribution is 0.481. The maximum Gasteiger partial charge on any atom is 0.0725 e. The number of benzene rings is 2. The van der Waals surface area contributed by atoms with Crippen molar-refractivity contribution in [2.45, 2.75) is 32.4 Å². The van der Waals surface area contributed by atoms with Crippen molar-refractivity contribution in [2.24, 2.45) is 5.73 Å². The van der Waals surface area contributed by atoms with E-state index in [9.17, 15) is 0 Å². The zero-order valence-electron chi connectivity index (χ0n) is 12.6. The largest absolute Gasteiger partial charge is 0.321 e. The number of rotatable bonds is 4. The fraction of sp³-hybridized carbons (Fsp3) is 0.278. The first-order valence-corrected chi connectivity index (χ1v) is 7.40. The van der Waals surface area contributed by atoms with Gasteiger partial charge in [0.1, 0.15) is 0 Å². The van der Waals surface area contributed by atoms with Crippen LogP contribution in [-0.2, 0) is 18.5 Å². The highest BCUT2D eigenvalue weighted by atomic mass is 15.3. The van der Waals surface area contributed by atoms with E-state index < -0.39 is 5.54 Å². The van der Waals surface area contributed by atoms with Crippen molar-refractivity contribution in [3.8, 4) is 0 Å². The van der Waals surface area contributed by atoms with Crippen LogP contribution in [0.2, 0.25) is 0 Å². The Morgan fingerprint density at radius 1 is 1.05 bits per heavy atom. The smallest absolute Gasteiger partial charge is 0.0725 e.